The lowest BCUT2D eigenvalue weighted by molar-refractivity contribution is 0.497. The fourth-order valence-electron chi connectivity index (χ4n) is 1.39. The van der Waals surface area contributed by atoms with Gasteiger partial charge in [-0.1, -0.05) is 18.2 Å². The second-order valence-corrected chi connectivity index (χ2v) is 2.84. The van der Waals surface area contributed by atoms with Crippen LogP contribution >= 0.6 is 0 Å². The maximum absolute atomic E-state index is 3.96. The lowest BCUT2D eigenvalue weighted by atomic mass is 9.86. The molecular weight excluding hydrogens is 108 g/mol. The SMILES string of the molecule is C=CC1CCCC(=C)C1. The van der Waals surface area contributed by atoms with E-state index in [9.17, 15) is 0 Å². The molecule has 9 heavy (non-hydrogen) atoms. The van der Waals surface area contributed by atoms with Crippen molar-refractivity contribution in [1.29, 1.82) is 0 Å². The average Bonchev–Trinajstić information content (AvgIpc) is 1.88. The van der Waals surface area contributed by atoms with E-state index in [1.165, 1.54) is 31.3 Å². The molecule has 0 bridgehead atoms. The third-order valence-corrected chi connectivity index (χ3v) is 1.99. The zero-order chi connectivity index (χ0) is 6.69. The molecule has 1 unspecified atom stereocenters. The Balaban J connectivity index is 2.40. The number of hydrogen-bond acceptors (Lipinski definition) is 0. The van der Waals surface area contributed by atoms with E-state index in [0.29, 0.717) is 0 Å². The van der Waals surface area contributed by atoms with Gasteiger partial charge in [-0.2, -0.15) is 0 Å². The first-order valence-electron chi connectivity index (χ1n) is 3.62. The summed E-state index contributed by atoms with van der Waals surface area (Å²) in [5.74, 6) is 0.728. The Bertz CT molecular complexity index is 122. The van der Waals surface area contributed by atoms with Gasteiger partial charge in [-0.25, -0.2) is 0 Å². The molecule has 0 heterocycles. The van der Waals surface area contributed by atoms with Gasteiger partial charge < -0.3 is 0 Å². The third-order valence-electron chi connectivity index (χ3n) is 1.99. The second-order valence-electron chi connectivity index (χ2n) is 2.84. The van der Waals surface area contributed by atoms with Crippen molar-refractivity contribution >= 4 is 0 Å². The van der Waals surface area contributed by atoms with Crippen LogP contribution in [0.5, 0.6) is 0 Å². The first-order chi connectivity index (χ1) is 4.33. The summed E-state index contributed by atoms with van der Waals surface area (Å²) in [5.41, 5.74) is 1.41. The molecule has 1 aliphatic rings. The fourth-order valence-corrected chi connectivity index (χ4v) is 1.39. The Morgan fingerprint density at radius 3 is 2.78 bits per heavy atom. The average molecular weight is 122 g/mol. The van der Waals surface area contributed by atoms with Gasteiger partial charge in [-0.3, -0.25) is 0 Å². The highest BCUT2D eigenvalue weighted by atomic mass is 14.2. The first-order valence-corrected chi connectivity index (χ1v) is 3.62. The Morgan fingerprint density at radius 1 is 1.56 bits per heavy atom. The standard InChI is InChI=1S/C9H14/c1-3-9-6-4-5-8(2)7-9/h3,9H,1-2,4-7H2. The quantitative estimate of drug-likeness (QED) is 0.469. The van der Waals surface area contributed by atoms with Gasteiger partial charge >= 0.3 is 0 Å². The van der Waals surface area contributed by atoms with Crippen LogP contribution in [0.4, 0.5) is 0 Å². The highest BCUT2D eigenvalue weighted by Crippen LogP contribution is 2.27. The lowest BCUT2D eigenvalue weighted by Crippen LogP contribution is -2.04. The van der Waals surface area contributed by atoms with Crippen LogP contribution in [0.3, 0.4) is 0 Å². The van der Waals surface area contributed by atoms with Crippen LogP contribution in [0.2, 0.25) is 0 Å². The van der Waals surface area contributed by atoms with E-state index < -0.39 is 0 Å². The van der Waals surface area contributed by atoms with Gasteiger partial charge in [-0.05, 0) is 31.6 Å². The molecule has 1 fully saturated rings. The minimum Gasteiger partial charge on any atom is -0.103 e. The molecule has 0 N–H and O–H groups in total. The van der Waals surface area contributed by atoms with Gasteiger partial charge in [0.15, 0.2) is 0 Å². The van der Waals surface area contributed by atoms with Crippen LogP contribution in [0, 0.1) is 5.92 Å². The molecule has 1 aliphatic carbocycles. The molecule has 0 amide bonds. The summed E-state index contributed by atoms with van der Waals surface area (Å²) in [6.07, 6.45) is 7.12. The van der Waals surface area contributed by atoms with E-state index in [0.717, 1.165) is 5.92 Å². The molecule has 0 radical (unpaired) electrons. The highest BCUT2D eigenvalue weighted by molar-refractivity contribution is 5.02. The predicted molar refractivity (Wildman–Crippen MR) is 41.3 cm³/mol. The fraction of sp³-hybridized carbons (Fsp3) is 0.556. The molecule has 0 aromatic rings. The largest absolute Gasteiger partial charge is 0.103 e. The zero-order valence-corrected chi connectivity index (χ0v) is 5.90. The topological polar surface area (TPSA) is 0 Å². The van der Waals surface area contributed by atoms with E-state index in [1.54, 1.807) is 0 Å². The van der Waals surface area contributed by atoms with E-state index >= 15 is 0 Å². The summed E-state index contributed by atoms with van der Waals surface area (Å²) < 4.78 is 0. The summed E-state index contributed by atoms with van der Waals surface area (Å²) in [6.45, 7) is 7.74. The van der Waals surface area contributed by atoms with Crippen molar-refractivity contribution in [2.24, 2.45) is 5.92 Å². The summed E-state index contributed by atoms with van der Waals surface area (Å²) >= 11 is 0. The molecule has 1 saturated carbocycles. The van der Waals surface area contributed by atoms with Gasteiger partial charge in [-0.15, -0.1) is 6.58 Å². The van der Waals surface area contributed by atoms with Crippen molar-refractivity contribution in [1.82, 2.24) is 0 Å². The highest BCUT2D eigenvalue weighted by Gasteiger charge is 2.11. The maximum Gasteiger partial charge on any atom is -0.0199 e. The van der Waals surface area contributed by atoms with Crippen molar-refractivity contribution in [2.45, 2.75) is 25.7 Å². The second kappa shape index (κ2) is 2.86. The molecule has 1 atom stereocenters. The van der Waals surface area contributed by atoms with E-state index in [1.807, 2.05) is 0 Å². The molecule has 0 aliphatic heterocycles. The van der Waals surface area contributed by atoms with E-state index in [4.69, 9.17) is 0 Å². The molecule has 0 aromatic carbocycles. The van der Waals surface area contributed by atoms with Gasteiger partial charge in [0, 0.05) is 0 Å². The van der Waals surface area contributed by atoms with Crippen LogP contribution in [-0.2, 0) is 0 Å². The third kappa shape index (κ3) is 1.70. The molecule has 50 valence electrons. The monoisotopic (exact) mass is 122 g/mol. The van der Waals surface area contributed by atoms with E-state index in [2.05, 4.69) is 19.2 Å². The van der Waals surface area contributed by atoms with Crippen LogP contribution in [0.25, 0.3) is 0 Å². The van der Waals surface area contributed by atoms with Crippen molar-refractivity contribution in [3.8, 4) is 0 Å². The summed E-state index contributed by atoms with van der Waals surface area (Å²) in [4.78, 5) is 0. The van der Waals surface area contributed by atoms with Crippen molar-refractivity contribution < 1.29 is 0 Å². The van der Waals surface area contributed by atoms with Gasteiger partial charge in [0.05, 0.1) is 0 Å². The van der Waals surface area contributed by atoms with Gasteiger partial charge in [0.25, 0.3) is 0 Å². The minimum absolute atomic E-state index is 0.728. The first kappa shape index (κ1) is 6.60. The predicted octanol–water partition coefficient (Wildman–Crippen LogP) is 2.92. The van der Waals surface area contributed by atoms with Crippen molar-refractivity contribution in [3.63, 3.8) is 0 Å². The molecule has 0 heteroatoms. The number of hydrogen-bond donors (Lipinski definition) is 0. The van der Waals surface area contributed by atoms with Crippen molar-refractivity contribution in [2.75, 3.05) is 0 Å². The van der Waals surface area contributed by atoms with Crippen LogP contribution in [0.1, 0.15) is 25.7 Å². The van der Waals surface area contributed by atoms with Crippen LogP contribution in [0.15, 0.2) is 24.8 Å². The molecule has 0 nitrogen and oxygen atoms in total. The maximum atomic E-state index is 3.96. The number of allylic oxidation sites excluding steroid dienone is 2. The molecule has 0 saturated heterocycles. The summed E-state index contributed by atoms with van der Waals surface area (Å²) in [7, 11) is 0. The molecule has 0 spiro atoms. The Kier molecular flexibility index (Phi) is 2.10. The molecular formula is C9H14. The summed E-state index contributed by atoms with van der Waals surface area (Å²) in [5, 5.41) is 0. The Hall–Kier alpha value is -0.520. The van der Waals surface area contributed by atoms with Crippen molar-refractivity contribution in [3.05, 3.63) is 24.8 Å². The van der Waals surface area contributed by atoms with Crippen LogP contribution < -0.4 is 0 Å². The Labute approximate surface area is 57.3 Å². The summed E-state index contributed by atoms with van der Waals surface area (Å²) in [6, 6.07) is 0. The zero-order valence-electron chi connectivity index (χ0n) is 5.90. The smallest absolute Gasteiger partial charge is 0.0199 e. The van der Waals surface area contributed by atoms with Crippen LogP contribution in [-0.4, -0.2) is 0 Å². The van der Waals surface area contributed by atoms with Gasteiger partial charge in [0.2, 0.25) is 0 Å². The Morgan fingerprint density at radius 2 is 2.33 bits per heavy atom. The lowest BCUT2D eigenvalue weighted by Gasteiger charge is -2.19. The van der Waals surface area contributed by atoms with E-state index in [-0.39, 0.29) is 0 Å². The molecule has 0 aromatic heterocycles. The normalized spacial score (nSPS) is 28.0. The van der Waals surface area contributed by atoms with Gasteiger partial charge in [0.1, 0.15) is 0 Å². The molecule has 1 rings (SSSR count). The number of rotatable bonds is 1. The minimum atomic E-state index is 0.728.